The molecule has 0 aromatic heterocycles. The van der Waals surface area contributed by atoms with Crippen LogP contribution >= 0.6 is 0 Å². The molecule has 2 unspecified atom stereocenters. The molecule has 2 aromatic carbocycles. The summed E-state index contributed by atoms with van der Waals surface area (Å²) in [7, 11) is 1.67. The molecule has 1 aliphatic rings. The van der Waals surface area contributed by atoms with Crippen molar-refractivity contribution in [2.45, 2.75) is 18.8 Å². The van der Waals surface area contributed by atoms with Gasteiger partial charge in [-0.25, -0.2) is 0 Å². The Morgan fingerprint density at radius 1 is 0.955 bits per heavy atom. The predicted octanol–water partition coefficient (Wildman–Crippen LogP) is 3.91. The Bertz CT molecular complexity index is 604. The zero-order valence-electron chi connectivity index (χ0n) is 12.6. The second-order valence-corrected chi connectivity index (χ2v) is 5.25. The Kier molecular flexibility index (Phi) is 4.88. The Morgan fingerprint density at radius 2 is 1.73 bits per heavy atom. The minimum absolute atomic E-state index is 0.00349. The van der Waals surface area contributed by atoms with Gasteiger partial charge >= 0.3 is 0 Å². The van der Waals surface area contributed by atoms with Gasteiger partial charge in [0.05, 0.1) is 20.3 Å². The number of hydrogen-bond acceptors (Lipinski definition) is 3. The van der Waals surface area contributed by atoms with Crippen molar-refractivity contribution in [3.8, 4) is 5.75 Å². The third kappa shape index (κ3) is 3.75. The molecule has 3 nitrogen and oxygen atoms in total. The highest BCUT2D eigenvalue weighted by molar-refractivity contribution is 5.31. The molecular formula is C19H20O3. The fourth-order valence-corrected chi connectivity index (χ4v) is 2.45. The molecule has 0 spiro atoms. The lowest BCUT2D eigenvalue weighted by molar-refractivity contribution is -0.00887. The molecule has 3 heteroatoms. The second kappa shape index (κ2) is 7.25. The molecule has 1 heterocycles. The Morgan fingerprint density at radius 3 is 2.45 bits per heavy atom. The molecule has 0 aliphatic carbocycles. The van der Waals surface area contributed by atoms with E-state index < -0.39 is 0 Å². The van der Waals surface area contributed by atoms with Gasteiger partial charge in [-0.2, -0.15) is 0 Å². The third-order valence-corrected chi connectivity index (χ3v) is 3.66. The highest BCUT2D eigenvalue weighted by Crippen LogP contribution is 2.28. The van der Waals surface area contributed by atoms with E-state index in [1.807, 2.05) is 42.5 Å². The maximum Gasteiger partial charge on any atom is 0.118 e. The minimum atomic E-state index is -0.00349. The van der Waals surface area contributed by atoms with Crippen molar-refractivity contribution >= 4 is 0 Å². The first-order valence-electron chi connectivity index (χ1n) is 7.44. The summed E-state index contributed by atoms with van der Waals surface area (Å²) in [6.07, 6.45) is 4.16. The summed E-state index contributed by atoms with van der Waals surface area (Å²) in [6.45, 7) is 1.18. The van der Waals surface area contributed by atoms with Gasteiger partial charge in [-0.3, -0.25) is 0 Å². The lowest BCUT2D eigenvalue weighted by atomic mass is 10.1. The van der Waals surface area contributed by atoms with E-state index in [1.165, 1.54) is 5.56 Å². The van der Waals surface area contributed by atoms with E-state index in [0.29, 0.717) is 13.2 Å². The van der Waals surface area contributed by atoms with Crippen LogP contribution in [0.3, 0.4) is 0 Å². The number of rotatable bonds is 6. The SMILES string of the molecule is COc1ccc(C2C=CC(COCc3ccccc3)O2)cc1. The monoisotopic (exact) mass is 296 g/mol. The average molecular weight is 296 g/mol. The van der Waals surface area contributed by atoms with E-state index >= 15 is 0 Å². The van der Waals surface area contributed by atoms with Gasteiger partial charge < -0.3 is 14.2 Å². The van der Waals surface area contributed by atoms with Gasteiger partial charge in [0.25, 0.3) is 0 Å². The summed E-state index contributed by atoms with van der Waals surface area (Å²) in [5.74, 6) is 0.855. The van der Waals surface area contributed by atoms with Crippen molar-refractivity contribution in [3.63, 3.8) is 0 Å². The van der Waals surface area contributed by atoms with Crippen molar-refractivity contribution in [1.29, 1.82) is 0 Å². The van der Waals surface area contributed by atoms with Crippen molar-refractivity contribution < 1.29 is 14.2 Å². The fraction of sp³-hybridized carbons (Fsp3) is 0.263. The molecule has 0 fully saturated rings. The molecule has 0 amide bonds. The van der Waals surface area contributed by atoms with Crippen LogP contribution in [0.1, 0.15) is 17.2 Å². The van der Waals surface area contributed by atoms with Crippen molar-refractivity contribution in [2.75, 3.05) is 13.7 Å². The first kappa shape index (κ1) is 14.8. The van der Waals surface area contributed by atoms with Crippen molar-refractivity contribution in [1.82, 2.24) is 0 Å². The van der Waals surface area contributed by atoms with E-state index in [2.05, 4.69) is 24.3 Å². The van der Waals surface area contributed by atoms with Crippen LogP contribution in [-0.2, 0) is 16.1 Å². The van der Waals surface area contributed by atoms with Gasteiger partial charge in [-0.1, -0.05) is 54.6 Å². The molecule has 3 rings (SSSR count). The molecule has 2 aromatic rings. The number of ether oxygens (including phenoxy) is 3. The standard InChI is InChI=1S/C19H20O3/c1-20-17-9-7-16(8-10-17)19-12-11-18(22-19)14-21-13-15-5-3-2-4-6-15/h2-12,18-19H,13-14H2,1H3. The van der Waals surface area contributed by atoms with Crippen LogP contribution < -0.4 is 4.74 Å². The van der Waals surface area contributed by atoms with Crippen LogP contribution in [-0.4, -0.2) is 19.8 Å². The highest BCUT2D eigenvalue weighted by Gasteiger charge is 2.20. The van der Waals surface area contributed by atoms with Crippen LogP contribution in [0, 0.1) is 0 Å². The molecule has 0 bridgehead atoms. The third-order valence-electron chi connectivity index (χ3n) is 3.66. The van der Waals surface area contributed by atoms with Crippen LogP contribution in [0.15, 0.2) is 66.7 Å². The van der Waals surface area contributed by atoms with Crippen LogP contribution in [0.2, 0.25) is 0 Å². The first-order valence-corrected chi connectivity index (χ1v) is 7.44. The largest absolute Gasteiger partial charge is 0.497 e. The van der Waals surface area contributed by atoms with Gasteiger partial charge in [0, 0.05) is 0 Å². The quantitative estimate of drug-likeness (QED) is 0.756. The number of methoxy groups -OCH3 is 1. The minimum Gasteiger partial charge on any atom is -0.497 e. The van der Waals surface area contributed by atoms with Gasteiger partial charge in [-0.05, 0) is 23.3 Å². The van der Waals surface area contributed by atoms with E-state index in [0.717, 1.165) is 11.3 Å². The van der Waals surface area contributed by atoms with Crippen molar-refractivity contribution in [2.24, 2.45) is 0 Å². The summed E-state index contributed by atoms with van der Waals surface area (Å²) in [6, 6.07) is 18.1. The predicted molar refractivity (Wildman–Crippen MR) is 85.8 cm³/mol. The smallest absolute Gasteiger partial charge is 0.118 e. The molecule has 0 saturated carbocycles. The Balaban J connectivity index is 1.47. The van der Waals surface area contributed by atoms with Gasteiger partial charge in [0.1, 0.15) is 18.0 Å². The average Bonchev–Trinajstić information content (AvgIpc) is 3.05. The zero-order valence-corrected chi connectivity index (χ0v) is 12.6. The molecule has 114 valence electrons. The fourth-order valence-electron chi connectivity index (χ4n) is 2.45. The summed E-state index contributed by atoms with van der Waals surface area (Å²) >= 11 is 0. The summed E-state index contributed by atoms with van der Waals surface area (Å²) < 4.78 is 16.9. The molecule has 0 N–H and O–H groups in total. The summed E-state index contributed by atoms with van der Waals surface area (Å²) in [4.78, 5) is 0. The molecule has 22 heavy (non-hydrogen) atoms. The number of hydrogen-bond donors (Lipinski definition) is 0. The number of benzene rings is 2. The molecular weight excluding hydrogens is 276 g/mol. The molecule has 0 saturated heterocycles. The van der Waals surface area contributed by atoms with Gasteiger partial charge in [0.2, 0.25) is 0 Å². The van der Waals surface area contributed by atoms with Gasteiger partial charge in [-0.15, -0.1) is 0 Å². The molecule has 0 radical (unpaired) electrons. The first-order chi connectivity index (χ1) is 10.8. The summed E-state index contributed by atoms with van der Waals surface area (Å²) in [5.41, 5.74) is 2.30. The van der Waals surface area contributed by atoms with Crippen LogP contribution in [0.25, 0.3) is 0 Å². The summed E-state index contributed by atoms with van der Waals surface area (Å²) in [5, 5.41) is 0. The lowest BCUT2D eigenvalue weighted by Crippen LogP contribution is -2.15. The molecule has 2 atom stereocenters. The Labute approximate surface area is 131 Å². The van der Waals surface area contributed by atoms with E-state index in [-0.39, 0.29) is 12.2 Å². The topological polar surface area (TPSA) is 27.7 Å². The van der Waals surface area contributed by atoms with E-state index in [1.54, 1.807) is 7.11 Å². The van der Waals surface area contributed by atoms with E-state index in [9.17, 15) is 0 Å². The maximum atomic E-state index is 5.98. The zero-order chi connectivity index (χ0) is 15.2. The lowest BCUT2D eigenvalue weighted by Gasteiger charge is -2.15. The normalized spacial score (nSPS) is 20.2. The van der Waals surface area contributed by atoms with Gasteiger partial charge in [0.15, 0.2) is 0 Å². The molecule has 1 aliphatic heterocycles. The Hall–Kier alpha value is -2.10. The highest BCUT2D eigenvalue weighted by atomic mass is 16.5. The van der Waals surface area contributed by atoms with Crippen molar-refractivity contribution in [3.05, 3.63) is 77.9 Å². The second-order valence-electron chi connectivity index (χ2n) is 5.25. The van der Waals surface area contributed by atoms with Crippen LogP contribution in [0.5, 0.6) is 5.75 Å². The van der Waals surface area contributed by atoms with E-state index in [4.69, 9.17) is 14.2 Å². The van der Waals surface area contributed by atoms with Crippen LogP contribution in [0.4, 0.5) is 0 Å². The maximum absolute atomic E-state index is 5.98.